The highest BCUT2D eigenvalue weighted by molar-refractivity contribution is 5.93. The van der Waals surface area contributed by atoms with Crippen molar-refractivity contribution in [1.29, 1.82) is 0 Å². The maximum absolute atomic E-state index is 13.9. The third kappa shape index (κ3) is 4.43. The molecule has 7 nitrogen and oxygen atoms in total. The summed E-state index contributed by atoms with van der Waals surface area (Å²) in [5.74, 6) is -6.31. The summed E-state index contributed by atoms with van der Waals surface area (Å²) in [5, 5.41) is 15.9. The number of nitrogens with one attached hydrogen (secondary N) is 1. The molecule has 1 aromatic carbocycles. The summed E-state index contributed by atoms with van der Waals surface area (Å²) in [4.78, 5) is 26.6. The lowest BCUT2D eigenvalue weighted by molar-refractivity contribution is -0.145. The maximum atomic E-state index is 13.9. The average molecular weight is 437 g/mol. The Morgan fingerprint density at radius 3 is 2.42 bits per heavy atom. The van der Waals surface area contributed by atoms with Gasteiger partial charge in [0.05, 0.1) is 11.5 Å². The van der Waals surface area contributed by atoms with Crippen molar-refractivity contribution >= 4 is 11.9 Å². The Bertz CT molecular complexity index is 967. The molecule has 1 saturated heterocycles. The van der Waals surface area contributed by atoms with Crippen LogP contribution >= 0.6 is 0 Å². The smallest absolute Gasteiger partial charge is 0.309 e. The molecule has 1 saturated carbocycles. The number of rotatable bonds is 5. The number of hydrogen-bond donors (Lipinski definition) is 2. The molecule has 2 N–H and O–H groups in total. The molecular weight excluding hydrogens is 415 g/mol. The quantitative estimate of drug-likeness (QED) is 0.746. The van der Waals surface area contributed by atoms with E-state index in [-0.39, 0.29) is 11.5 Å². The van der Waals surface area contributed by atoms with Gasteiger partial charge in [-0.15, -0.1) is 0 Å². The third-order valence-corrected chi connectivity index (χ3v) is 6.12. The van der Waals surface area contributed by atoms with E-state index < -0.39 is 46.9 Å². The lowest BCUT2D eigenvalue weighted by Gasteiger charge is -2.39. The average Bonchev–Trinajstić information content (AvgIpc) is 3.40. The molecule has 0 bridgehead atoms. The van der Waals surface area contributed by atoms with E-state index in [9.17, 15) is 27.9 Å². The van der Waals surface area contributed by atoms with Crippen molar-refractivity contribution in [3.8, 4) is 11.3 Å². The molecule has 31 heavy (non-hydrogen) atoms. The molecule has 0 spiro atoms. The maximum Gasteiger partial charge on any atom is 0.309 e. The second kappa shape index (κ2) is 8.70. The summed E-state index contributed by atoms with van der Waals surface area (Å²) in [6.45, 7) is 1.02. The monoisotopic (exact) mass is 437 g/mol. The van der Waals surface area contributed by atoms with E-state index in [0.717, 1.165) is 31.7 Å². The van der Waals surface area contributed by atoms with Gasteiger partial charge in [-0.05, 0) is 19.3 Å². The molecule has 0 unspecified atom stereocenters. The molecule has 1 amide bonds. The van der Waals surface area contributed by atoms with E-state index in [1.54, 1.807) is 0 Å². The topological polar surface area (TPSA) is 95.7 Å². The molecular formula is C21H22F3N3O4. The minimum absolute atomic E-state index is 0.250. The first-order valence-corrected chi connectivity index (χ1v) is 10.2. The van der Waals surface area contributed by atoms with Crippen LogP contribution in [0.1, 0.15) is 42.6 Å². The zero-order valence-corrected chi connectivity index (χ0v) is 16.6. The largest absolute Gasteiger partial charge is 0.481 e. The van der Waals surface area contributed by atoms with Crippen molar-refractivity contribution in [2.24, 2.45) is 5.92 Å². The molecule has 2 aliphatic rings. The Balaban J connectivity index is 1.46. The number of carboxylic acids is 1. The number of hydrogen-bond acceptors (Lipinski definition) is 5. The van der Waals surface area contributed by atoms with Crippen LogP contribution in [0.2, 0.25) is 0 Å². The van der Waals surface area contributed by atoms with E-state index in [1.165, 1.54) is 0 Å². The first kappa shape index (κ1) is 21.4. The second-order valence-corrected chi connectivity index (χ2v) is 8.07. The van der Waals surface area contributed by atoms with E-state index in [2.05, 4.69) is 15.4 Å². The van der Waals surface area contributed by atoms with Crippen molar-refractivity contribution in [3.05, 3.63) is 41.3 Å². The summed E-state index contributed by atoms with van der Waals surface area (Å²) in [6.07, 6.45) is 4.86. The molecule has 2 aromatic rings. The van der Waals surface area contributed by atoms with Crippen LogP contribution in [-0.4, -0.2) is 52.2 Å². The van der Waals surface area contributed by atoms with Crippen LogP contribution in [0.3, 0.4) is 0 Å². The van der Waals surface area contributed by atoms with Crippen molar-refractivity contribution in [1.82, 2.24) is 15.4 Å². The van der Waals surface area contributed by atoms with Gasteiger partial charge in [0.2, 0.25) is 0 Å². The van der Waals surface area contributed by atoms with Crippen molar-refractivity contribution in [2.75, 3.05) is 13.1 Å². The van der Waals surface area contributed by atoms with Gasteiger partial charge in [0.25, 0.3) is 5.91 Å². The van der Waals surface area contributed by atoms with Gasteiger partial charge in [-0.25, -0.2) is 13.2 Å². The molecule has 2 atom stereocenters. The summed E-state index contributed by atoms with van der Waals surface area (Å²) < 4.78 is 45.9. The van der Waals surface area contributed by atoms with E-state index >= 15 is 0 Å². The van der Waals surface area contributed by atoms with Crippen LogP contribution in [0.25, 0.3) is 11.3 Å². The molecule has 0 radical (unpaired) electrons. The zero-order chi connectivity index (χ0) is 22.1. The fraction of sp³-hybridized carbons (Fsp3) is 0.476. The Labute approximate surface area is 176 Å². The van der Waals surface area contributed by atoms with Gasteiger partial charge >= 0.3 is 5.97 Å². The summed E-state index contributed by atoms with van der Waals surface area (Å²) in [7, 11) is 0. The van der Waals surface area contributed by atoms with Crippen molar-refractivity contribution < 1.29 is 32.4 Å². The molecule has 10 heteroatoms. The minimum Gasteiger partial charge on any atom is -0.481 e. The van der Waals surface area contributed by atoms with Crippen molar-refractivity contribution in [2.45, 2.75) is 44.2 Å². The van der Waals surface area contributed by atoms with E-state index in [0.29, 0.717) is 37.7 Å². The Morgan fingerprint density at radius 1 is 1.10 bits per heavy atom. The summed E-state index contributed by atoms with van der Waals surface area (Å²) in [6, 6.07) is 1.81. The number of aromatic nitrogens is 1. The standard InChI is InChI=1S/C21H22F3N3O4/c22-11-7-14(23)19(15(24)8-11)18-9-17(26-31-18)20(28)25-16-5-6-27(10-13(16)21(29)30)12-3-1-2-4-12/h7-9,12-13,16H,1-6,10H2,(H,25,28)(H,29,30)/t13-,16-/m1/s1. The highest BCUT2D eigenvalue weighted by Crippen LogP contribution is 2.30. The highest BCUT2D eigenvalue weighted by Gasteiger charge is 2.38. The Kier molecular flexibility index (Phi) is 5.99. The Hall–Kier alpha value is -2.88. The summed E-state index contributed by atoms with van der Waals surface area (Å²) in [5.41, 5.74) is -0.887. The molecule has 166 valence electrons. The third-order valence-electron chi connectivity index (χ3n) is 6.12. The van der Waals surface area contributed by atoms with Crippen molar-refractivity contribution in [3.63, 3.8) is 0 Å². The van der Waals surface area contributed by atoms with Crippen LogP contribution in [0.4, 0.5) is 13.2 Å². The number of halogens is 3. The number of nitrogens with zero attached hydrogens (tertiary/aromatic N) is 2. The lowest BCUT2D eigenvalue weighted by Crippen LogP contribution is -2.55. The minimum atomic E-state index is -1.19. The molecule has 1 aliphatic carbocycles. The first-order valence-electron chi connectivity index (χ1n) is 10.2. The predicted molar refractivity (Wildman–Crippen MR) is 103 cm³/mol. The normalized spacial score (nSPS) is 22.5. The molecule has 1 aromatic heterocycles. The molecule has 1 aliphatic heterocycles. The Morgan fingerprint density at radius 2 is 1.77 bits per heavy atom. The van der Waals surface area contributed by atoms with Crippen LogP contribution in [0.15, 0.2) is 22.7 Å². The van der Waals surface area contributed by atoms with E-state index in [1.807, 2.05) is 0 Å². The first-order chi connectivity index (χ1) is 14.8. The van der Waals surface area contributed by atoms with Gasteiger partial charge in [-0.1, -0.05) is 18.0 Å². The van der Waals surface area contributed by atoms with Crippen LogP contribution in [0, 0.1) is 23.4 Å². The number of aliphatic carboxylic acids is 1. The number of amides is 1. The number of benzene rings is 1. The zero-order valence-electron chi connectivity index (χ0n) is 16.6. The van der Waals surface area contributed by atoms with Gasteiger partial charge < -0.3 is 14.9 Å². The molecule has 4 rings (SSSR count). The SMILES string of the molecule is O=C(N[C@@H]1CCN(C2CCCC2)C[C@H]1C(=O)O)c1cc(-c2c(F)cc(F)cc2F)on1. The number of carbonyl (C=O) groups excluding carboxylic acids is 1. The van der Waals surface area contributed by atoms with E-state index in [4.69, 9.17) is 4.52 Å². The fourth-order valence-electron chi connectivity index (χ4n) is 4.52. The number of piperidine rings is 1. The molecule has 2 heterocycles. The van der Waals surface area contributed by atoms with Gasteiger partial charge in [-0.3, -0.25) is 14.5 Å². The van der Waals surface area contributed by atoms with Gasteiger partial charge in [0.15, 0.2) is 11.5 Å². The van der Waals surface area contributed by atoms with Crippen LogP contribution < -0.4 is 5.32 Å². The summed E-state index contributed by atoms with van der Waals surface area (Å²) >= 11 is 0. The predicted octanol–water partition coefficient (Wildman–Crippen LogP) is 3.21. The second-order valence-electron chi connectivity index (χ2n) is 8.07. The lowest BCUT2D eigenvalue weighted by atomic mass is 9.90. The van der Waals surface area contributed by atoms with Crippen LogP contribution in [-0.2, 0) is 4.79 Å². The number of likely N-dealkylation sites (tertiary alicyclic amines) is 1. The number of carbonyl (C=O) groups is 2. The number of carboxylic acid groups (broad SMARTS) is 1. The highest BCUT2D eigenvalue weighted by atomic mass is 19.1. The molecule has 2 fully saturated rings. The van der Waals surface area contributed by atoms with Gasteiger partial charge in [0.1, 0.15) is 17.5 Å². The fourth-order valence-corrected chi connectivity index (χ4v) is 4.52. The van der Waals surface area contributed by atoms with Gasteiger partial charge in [-0.2, -0.15) is 0 Å². The van der Waals surface area contributed by atoms with Crippen LogP contribution in [0.5, 0.6) is 0 Å². The van der Waals surface area contributed by atoms with Gasteiger partial charge in [0, 0.05) is 43.4 Å².